The number of carbonyl (C=O) groups excluding carboxylic acids is 2. The normalized spacial score (nSPS) is 19.5. The summed E-state index contributed by atoms with van der Waals surface area (Å²) < 4.78 is 5.69. The number of hydrogen-bond acceptors (Lipinski definition) is 3. The third-order valence-electron chi connectivity index (χ3n) is 6.12. The van der Waals surface area contributed by atoms with Crippen molar-refractivity contribution in [2.75, 3.05) is 6.67 Å². The first kappa shape index (κ1) is 21.6. The molecule has 1 heterocycles. The SMILES string of the molecule is C[C@H]1C(=O)N([C@@H](C)c2ccccc2)CN(C(=O)OCc2ccccc2)[C@@H]1c1ccccc1. The minimum absolute atomic E-state index is 0.0299. The van der Waals surface area contributed by atoms with Gasteiger partial charge in [0.05, 0.1) is 18.0 Å². The predicted molar refractivity (Wildman–Crippen MR) is 123 cm³/mol. The third-order valence-corrected chi connectivity index (χ3v) is 6.12. The summed E-state index contributed by atoms with van der Waals surface area (Å²) in [5.74, 6) is -0.371. The zero-order valence-electron chi connectivity index (χ0n) is 18.4. The molecule has 164 valence electrons. The number of ether oxygens (including phenoxy) is 1. The molecule has 1 aliphatic rings. The van der Waals surface area contributed by atoms with Crippen LogP contribution in [0.1, 0.15) is 42.6 Å². The standard InChI is InChI=1S/C27H28N2O3/c1-20-25(24-16-10-5-11-17-24)29(27(31)32-18-22-12-6-3-7-13-22)19-28(26(20)30)21(2)23-14-8-4-9-15-23/h3-17,20-21,25H,18-19H2,1-2H3/t20-,21+,25+/m1/s1. The van der Waals surface area contributed by atoms with E-state index in [4.69, 9.17) is 4.74 Å². The van der Waals surface area contributed by atoms with Crippen molar-refractivity contribution in [3.8, 4) is 0 Å². The van der Waals surface area contributed by atoms with Gasteiger partial charge in [-0.1, -0.05) is 97.9 Å². The van der Waals surface area contributed by atoms with E-state index in [0.29, 0.717) is 0 Å². The maximum Gasteiger partial charge on any atom is 0.412 e. The van der Waals surface area contributed by atoms with Gasteiger partial charge in [0.1, 0.15) is 13.3 Å². The minimum Gasteiger partial charge on any atom is -0.444 e. The lowest BCUT2D eigenvalue weighted by Crippen LogP contribution is -2.56. The van der Waals surface area contributed by atoms with Crippen molar-refractivity contribution in [2.45, 2.75) is 32.5 Å². The van der Waals surface area contributed by atoms with Crippen LogP contribution < -0.4 is 0 Å². The summed E-state index contributed by atoms with van der Waals surface area (Å²) in [7, 11) is 0. The average Bonchev–Trinajstić information content (AvgIpc) is 2.85. The fraction of sp³-hybridized carbons (Fsp3) is 0.259. The van der Waals surface area contributed by atoms with Crippen molar-refractivity contribution in [3.63, 3.8) is 0 Å². The molecule has 5 heteroatoms. The van der Waals surface area contributed by atoms with E-state index in [2.05, 4.69) is 0 Å². The lowest BCUT2D eigenvalue weighted by molar-refractivity contribution is -0.149. The van der Waals surface area contributed by atoms with Crippen LogP contribution in [0.5, 0.6) is 0 Å². The Kier molecular flexibility index (Phi) is 6.55. The lowest BCUT2D eigenvalue weighted by Gasteiger charge is -2.46. The van der Waals surface area contributed by atoms with Gasteiger partial charge in [-0.25, -0.2) is 4.79 Å². The van der Waals surface area contributed by atoms with Crippen molar-refractivity contribution in [2.24, 2.45) is 5.92 Å². The lowest BCUT2D eigenvalue weighted by atomic mass is 9.89. The Morgan fingerprint density at radius 1 is 0.938 bits per heavy atom. The number of hydrogen-bond donors (Lipinski definition) is 0. The highest BCUT2D eigenvalue weighted by atomic mass is 16.6. The molecule has 32 heavy (non-hydrogen) atoms. The summed E-state index contributed by atoms with van der Waals surface area (Å²) in [5.41, 5.74) is 2.88. The quantitative estimate of drug-likeness (QED) is 0.534. The van der Waals surface area contributed by atoms with Crippen LogP contribution in [-0.2, 0) is 16.1 Å². The Morgan fingerprint density at radius 2 is 1.50 bits per heavy atom. The van der Waals surface area contributed by atoms with Crippen LogP contribution in [0.3, 0.4) is 0 Å². The molecule has 0 spiro atoms. The molecule has 0 bridgehead atoms. The highest BCUT2D eigenvalue weighted by Gasteiger charge is 2.43. The number of nitrogens with zero attached hydrogens (tertiary/aromatic N) is 2. The molecule has 1 saturated heterocycles. The summed E-state index contributed by atoms with van der Waals surface area (Å²) >= 11 is 0. The molecule has 5 nitrogen and oxygen atoms in total. The van der Waals surface area contributed by atoms with Crippen molar-refractivity contribution in [1.82, 2.24) is 9.80 Å². The Balaban J connectivity index is 1.62. The van der Waals surface area contributed by atoms with Crippen LogP contribution >= 0.6 is 0 Å². The van der Waals surface area contributed by atoms with Crippen LogP contribution in [0.15, 0.2) is 91.0 Å². The molecule has 1 fully saturated rings. The molecule has 2 amide bonds. The van der Waals surface area contributed by atoms with Gasteiger partial charge >= 0.3 is 6.09 Å². The molecule has 3 aromatic rings. The second kappa shape index (κ2) is 9.69. The van der Waals surface area contributed by atoms with Gasteiger partial charge in [-0.3, -0.25) is 9.69 Å². The van der Waals surface area contributed by atoms with E-state index in [1.807, 2.05) is 105 Å². The van der Waals surface area contributed by atoms with Crippen molar-refractivity contribution in [1.29, 1.82) is 0 Å². The highest BCUT2D eigenvalue weighted by Crippen LogP contribution is 2.37. The summed E-state index contributed by atoms with van der Waals surface area (Å²) in [4.78, 5) is 30.1. The van der Waals surface area contributed by atoms with Crippen LogP contribution in [0.4, 0.5) is 4.79 Å². The van der Waals surface area contributed by atoms with Crippen LogP contribution in [-0.4, -0.2) is 28.5 Å². The number of benzene rings is 3. The van der Waals surface area contributed by atoms with Gasteiger partial charge in [-0.15, -0.1) is 0 Å². The molecule has 3 atom stereocenters. The van der Waals surface area contributed by atoms with E-state index in [1.54, 1.807) is 9.80 Å². The molecule has 3 aromatic carbocycles. The fourth-order valence-electron chi connectivity index (χ4n) is 4.31. The first-order valence-corrected chi connectivity index (χ1v) is 10.9. The topological polar surface area (TPSA) is 49.9 Å². The van der Waals surface area contributed by atoms with E-state index in [-0.39, 0.29) is 31.3 Å². The Bertz CT molecular complexity index is 1040. The zero-order chi connectivity index (χ0) is 22.5. The first-order valence-electron chi connectivity index (χ1n) is 10.9. The maximum absolute atomic E-state index is 13.4. The van der Waals surface area contributed by atoms with Crippen molar-refractivity contribution in [3.05, 3.63) is 108 Å². The summed E-state index contributed by atoms with van der Waals surface area (Å²) in [6, 6.07) is 28.7. The number of rotatable bonds is 5. The number of carbonyl (C=O) groups is 2. The Morgan fingerprint density at radius 3 is 2.12 bits per heavy atom. The van der Waals surface area contributed by atoms with Gasteiger partial charge in [-0.05, 0) is 23.6 Å². The second-order valence-corrected chi connectivity index (χ2v) is 8.19. The third kappa shape index (κ3) is 4.52. The monoisotopic (exact) mass is 428 g/mol. The van der Waals surface area contributed by atoms with E-state index >= 15 is 0 Å². The average molecular weight is 429 g/mol. The molecule has 4 rings (SSSR count). The first-order chi connectivity index (χ1) is 15.6. The van der Waals surface area contributed by atoms with E-state index < -0.39 is 12.0 Å². The minimum atomic E-state index is -0.424. The van der Waals surface area contributed by atoms with Gasteiger partial charge in [0.2, 0.25) is 5.91 Å². The molecule has 0 radical (unpaired) electrons. The fourth-order valence-corrected chi connectivity index (χ4v) is 4.31. The second-order valence-electron chi connectivity index (χ2n) is 8.19. The summed E-state index contributed by atoms with van der Waals surface area (Å²) in [6.45, 7) is 4.25. The van der Waals surface area contributed by atoms with E-state index in [9.17, 15) is 9.59 Å². The largest absolute Gasteiger partial charge is 0.444 e. The van der Waals surface area contributed by atoms with E-state index in [0.717, 1.165) is 16.7 Å². The molecule has 0 aromatic heterocycles. The van der Waals surface area contributed by atoms with Crippen LogP contribution in [0.2, 0.25) is 0 Å². The molecule has 0 unspecified atom stereocenters. The molecule has 1 aliphatic heterocycles. The maximum atomic E-state index is 13.4. The summed E-state index contributed by atoms with van der Waals surface area (Å²) in [6.07, 6.45) is -0.424. The smallest absolute Gasteiger partial charge is 0.412 e. The number of amides is 2. The van der Waals surface area contributed by atoms with Crippen LogP contribution in [0, 0.1) is 5.92 Å². The Labute approximate surface area is 189 Å². The van der Waals surface area contributed by atoms with Gasteiger partial charge in [-0.2, -0.15) is 0 Å². The molecule has 0 N–H and O–H groups in total. The Hall–Kier alpha value is -3.60. The molecular weight excluding hydrogens is 400 g/mol. The molecule has 0 saturated carbocycles. The summed E-state index contributed by atoms with van der Waals surface area (Å²) in [5, 5.41) is 0. The van der Waals surface area contributed by atoms with Crippen molar-refractivity contribution >= 4 is 12.0 Å². The molecule has 0 aliphatic carbocycles. The van der Waals surface area contributed by atoms with E-state index in [1.165, 1.54) is 0 Å². The highest BCUT2D eigenvalue weighted by molar-refractivity contribution is 5.83. The predicted octanol–water partition coefficient (Wildman–Crippen LogP) is 5.56. The van der Waals surface area contributed by atoms with Crippen molar-refractivity contribution < 1.29 is 14.3 Å². The van der Waals surface area contributed by atoms with Gasteiger partial charge in [0.15, 0.2) is 0 Å². The van der Waals surface area contributed by atoms with Gasteiger partial charge in [0, 0.05) is 0 Å². The molecular formula is C27H28N2O3. The van der Waals surface area contributed by atoms with Gasteiger partial charge in [0.25, 0.3) is 0 Å². The van der Waals surface area contributed by atoms with Gasteiger partial charge < -0.3 is 9.64 Å². The van der Waals surface area contributed by atoms with Crippen LogP contribution in [0.25, 0.3) is 0 Å². The zero-order valence-corrected chi connectivity index (χ0v) is 18.4.